The van der Waals surface area contributed by atoms with Gasteiger partial charge in [-0.3, -0.25) is 0 Å². The number of hydrogen-bond donors (Lipinski definition) is 1. The molecule has 104 valence electrons. The number of nitrogens with zero attached hydrogens (tertiary/aromatic N) is 3. The maximum Gasteiger partial charge on any atom is 0.132 e. The topological polar surface area (TPSA) is 49.2 Å². The molecule has 2 atom stereocenters. The van der Waals surface area contributed by atoms with E-state index in [1.807, 2.05) is 19.2 Å². The molecule has 3 rings (SSSR count). The summed E-state index contributed by atoms with van der Waals surface area (Å²) in [6.07, 6.45) is 7.82. The molecule has 0 unspecified atom stereocenters. The number of rotatable bonds is 2. The van der Waals surface area contributed by atoms with Crippen molar-refractivity contribution >= 4 is 5.82 Å². The number of hydrogen-bond acceptors (Lipinski definition) is 4. The lowest BCUT2D eigenvalue weighted by Gasteiger charge is -2.39. The second-order valence-corrected chi connectivity index (χ2v) is 5.97. The van der Waals surface area contributed by atoms with E-state index in [1.165, 1.54) is 25.7 Å². The summed E-state index contributed by atoms with van der Waals surface area (Å²) in [5, 5.41) is 10.3. The van der Waals surface area contributed by atoms with Gasteiger partial charge in [0.1, 0.15) is 11.6 Å². The Labute approximate surface area is 114 Å². The minimum Gasteiger partial charge on any atom is -0.393 e. The van der Waals surface area contributed by atoms with E-state index in [0.29, 0.717) is 11.8 Å². The molecule has 0 aromatic carbocycles. The molecule has 0 radical (unpaired) electrons. The molecule has 1 N–H and O–H groups in total. The molecule has 4 heteroatoms. The third-order valence-corrected chi connectivity index (χ3v) is 4.71. The molecule has 1 aromatic heterocycles. The zero-order valence-electron chi connectivity index (χ0n) is 11.6. The second-order valence-electron chi connectivity index (χ2n) is 5.97. The highest BCUT2D eigenvalue weighted by atomic mass is 16.3. The van der Waals surface area contributed by atoms with Crippen molar-refractivity contribution in [3.63, 3.8) is 0 Å². The highest BCUT2D eigenvalue weighted by molar-refractivity contribution is 5.38. The molecule has 1 aromatic rings. The van der Waals surface area contributed by atoms with Crippen LogP contribution in [-0.2, 0) is 0 Å². The van der Waals surface area contributed by atoms with E-state index in [-0.39, 0.29) is 6.10 Å². The Kier molecular flexibility index (Phi) is 3.69. The molecule has 1 aliphatic carbocycles. The Balaban J connectivity index is 1.74. The predicted octanol–water partition coefficient (Wildman–Crippen LogP) is 2.16. The minimum absolute atomic E-state index is 0.123. The fourth-order valence-electron chi connectivity index (χ4n) is 3.65. The van der Waals surface area contributed by atoms with Crippen molar-refractivity contribution in [2.75, 3.05) is 18.0 Å². The Morgan fingerprint density at radius 3 is 2.79 bits per heavy atom. The first-order valence-corrected chi connectivity index (χ1v) is 7.46. The number of aliphatic hydroxyl groups excluding tert-OH is 1. The van der Waals surface area contributed by atoms with Crippen LogP contribution in [0.25, 0.3) is 0 Å². The lowest BCUT2D eigenvalue weighted by atomic mass is 9.82. The van der Waals surface area contributed by atoms with Crippen molar-refractivity contribution < 1.29 is 5.11 Å². The van der Waals surface area contributed by atoms with Gasteiger partial charge in [0.05, 0.1) is 6.10 Å². The van der Waals surface area contributed by atoms with Crippen LogP contribution in [0.4, 0.5) is 5.82 Å². The van der Waals surface area contributed by atoms with Gasteiger partial charge in [-0.2, -0.15) is 0 Å². The molecule has 4 nitrogen and oxygen atoms in total. The molecular weight excluding hydrogens is 238 g/mol. The van der Waals surface area contributed by atoms with Gasteiger partial charge in [0, 0.05) is 25.2 Å². The summed E-state index contributed by atoms with van der Waals surface area (Å²) in [7, 11) is 0. The molecule has 0 bridgehead atoms. The van der Waals surface area contributed by atoms with Gasteiger partial charge in [-0.15, -0.1) is 0 Å². The first kappa shape index (κ1) is 12.9. The number of aryl methyl sites for hydroxylation is 1. The summed E-state index contributed by atoms with van der Waals surface area (Å²) in [5.41, 5.74) is 0. The van der Waals surface area contributed by atoms with E-state index in [1.54, 1.807) is 0 Å². The van der Waals surface area contributed by atoms with Crippen LogP contribution in [0.1, 0.15) is 37.9 Å². The predicted molar refractivity (Wildman–Crippen MR) is 75.1 cm³/mol. The van der Waals surface area contributed by atoms with Gasteiger partial charge in [0.2, 0.25) is 0 Å². The molecule has 19 heavy (non-hydrogen) atoms. The lowest BCUT2D eigenvalue weighted by molar-refractivity contribution is 0.0561. The largest absolute Gasteiger partial charge is 0.393 e. The quantitative estimate of drug-likeness (QED) is 0.886. The molecule has 2 heterocycles. The summed E-state index contributed by atoms with van der Waals surface area (Å²) in [6, 6.07) is 1.98. The van der Waals surface area contributed by atoms with Crippen molar-refractivity contribution in [3.05, 3.63) is 18.1 Å². The van der Waals surface area contributed by atoms with Crippen molar-refractivity contribution in [1.82, 2.24) is 9.97 Å². The second kappa shape index (κ2) is 5.45. The van der Waals surface area contributed by atoms with E-state index < -0.39 is 0 Å². The van der Waals surface area contributed by atoms with Crippen molar-refractivity contribution in [3.8, 4) is 0 Å². The third-order valence-electron chi connectivity index (χ3n) is 4.71. The van der Waals surface area contributed by atoms with Crippen LogP contribution in [0.5, 0.6) is 0 Å². The molecule has 0 spiro atoms. The van der Waals surface area contributed by atoms with E-state index in [4.69, 9.17) is 0 Å². The monoisotopic (exact) mass is 261 g/mol. The summed E-state index contributed by atoms with van der Waals surface area (Å²) < 4.78 is 0. The molecule has 2 fully saturated rings. The third kappa shape index (κ3) is 2.73. The standard InChI is InChI=1S/C15H23N3O/c1-11-16-8-6-15(17-11)18-9-7-14(19)13(10-18)12-4-2-3-5-12/h6,8,12-14,19H,2-5,7,9-10H2,1H3/t13-,14+/m0/s1. The van der Waals surface area contributed by atoms with Gasteiger partial charge in [0.25, 0.3) is 0 Å². The van der Waals surface area contributed by atoms with Crippen LogP contribution in [0, 0.1) is 18.8 Å². The molecule has 1 aliphatic heterocycles. The van der Waals surface area contributed by atoms with Crippen LogP contribution < -0.4 is 4.90 Å². The average Bonchev–Trinajstić information content (AvgIpc) is 2.93. The molecular formula is C15H23N3O. The van der Waals surface area contributed by atoms with Crippen LogP contribution in [0.15, 0.2) is 12.3 Å². The summed E-state index contributed by atoms with van der Waals surface area (Å²) in [6.45, 7) is 3.78. The van der Waals surface area contributed by atoms with Gasteiger partial charge in [0.15, 0.2) is 0 Å². The number of aromatic nitrogens is 2. The molecule has 0 amide bonds. The van der Waals surface area contributed by atoms with E-state index in [9.17, 15) is 5.11 Å². The van der Waals surface area contributed by atoms with Gasteiger partial charge in [-0.1, -0.05) is 25.7 Å². The van der Waals surface area contributed by atoms with Gasteiger partial charge >= 0.3 is 0 Å². The smallest absolute Gasteiger partial charge is 0.132 e. The maximum atomic E-state index is 10.3. The van der Waals surface area contributed by atoms with Crippen molar-refractivity contribution in [2.24, 2.45) is 11.8 Å². The van der Waals surface area contributed by atoms with Gasteiger partial charge in [-0.25, -0.2) is 9.97 Å². The lowest BCUT2D eigenvalue weighted by Crippen LogP contribution is -2.46. The first-order chi connectivity index (χ1) is 9.24. The Bertz CT molecular complexity index is 431. The first-order valence-electron chi connectivity index (χ1n) is 7.46. The molecule has 1 saturated heterocycles. The molecule has 1 saturated carbocycles. The van der Waals surface area contributed by atoms with Crippen LogP contribution in [0.2, 0.25) is 0 Å². The van der Waals surface area contributed by atoms with Crippen LogP contribution in [0.3, 0.4) is 0 Å². The Morgan fingerprint density at radius 2 is 2.05 bits per heavy atom. The van der Waals surface area contributed by atoms with E-state index in [0.717, 1.165) is 31.2 Å². The SMILES string of the molecule is Cc1nccc(N2CC[C@@H](O)[C@H](C3CCCC3)C2)n1. The van der Waals surface area contributed by atoms with E-state index >= 15 is 0 Å². The highest BCUT2D eigenvalue weighted by Crippen LogP contribution is 2.36. The summed E-state index contributed by atoms with van der Waals surface area (Å²) in [4.78, 5) is 11.0. The Morgan fingerprint density at radius 1 is 1.26 bits per heavy atom. The van der Waals surface area contributed by atoms with E-state index in [2.05, 4.69) is 14.9 Å². The van der Waals surface area contributed by atoms with Crippen LogP contribution >= 0.6 is 0 Å². The number of piperidine rings is 1. The summed E-state index contributed by atoms with van der Waals surface area (Å²) >= 11 is 0. The number of aliphatic hydroxyl groups is 1. The normalized spacial score (nSPS) is 28.8. The molecule has 2 aliphatic rings. The fourth-order valence-corrected chi connectivity index (χ4v) is 3.65. The highest BCUT2D eigenvalue weighted by Gasteiger charge is 2.35. The zero-order chi connectivity index (χ0) is 13.2. The zero-order valence-corrected chi connectivity index (χ0v) is 11.6. The van der Waals surface area contributed by atoms with Gasteiger partial charge < -0.3 is 10.0 Å². The van der Waals surface area contributed by atoms with Crippen molar-refractivity contribution in [1.29, 1.82) is 0 Å². The van der Waals surface area contributed by atoms with Gasteiger partial charge in [-0.05, 0) is 25.3 Å². The number of anilines is 1. The summed E-state index contributed by atoms with van der Waals surface area (Å²) in [5.74, 6) is 2.97. The fraction of sp³-hybridized carbons (Fsp3) is 0.733. The maximum absolute atomic E-state index is 10.3. The minimum atomic E-state index is -0.123. The van der Waals surface area contributed by atoms with Crippen molar-refractivity contribution in [2.45, 2.75) is 45.1 Å². The Hall–Kier alpha value is -1.16. The average molecular weight is 261 g/mol. The van der Waals surface area contributed by atoms with Crippen LogP contribution in [-0.4, -0.2) is 34.3 Å².